The molecule has 3 fully saturated rings. The van der Waals surface area contributed by atoms with Crippen LogP contribution in [0.15, 0.2) is 28.7 Å². The van der Waals surface area contributed by atoms with E-state index in [0.717, 1.165) is 31.4 Å². The van der Waals surface area contributed by atoms with Crippen LogP contribution in [0.1, 0.15) is 37.4 Å². The number of oxazole rings is 1. The second-order valence-electron chi connectivity index (χ2n) is 6.92. The van der Waals surface area contributed by atoms with Crippen molar-refractivity contribution in [3.63, 3.8) is 0 Å². The Bertz CT molecular complexity index is 681. The molecule has 1 atom stereocenters. The molecule has 116 valence electrons. The predicted molar refractivity (Wildman–Crippen MR) is 83.6 cm³/mol. The number of benzene rings is 1. The number of piperidine rings is 3. The van der Waals surface area contributed by atoms with Crippen LogP contribution in [0.5, 0.6) is 0 Å². The normalized spacial score (nSPS) is 29.6. The molecule has 0 aliphatic carbocycles. The summed E-state index contributed by atoms with van der Waals surface area (Å²) in [4.78, 5) is 19.3. The topological polar surface area (TPSA) is 58.4 Å². The lowest BCUT2D eigenvalue weighted by Crippen LogP contribution is -2.69. The Morgan fingerprint density at radius 2 is 2.05 bits per heavy atom. The molecule has 5 rings (SSSR count). The Kier molecular flexibility index (Phi) is 3.01. The zero-order valence-electron chi connectivity index (χ0n) is 13.0. The average molecular weight is 299 g/mol. The minimum absolute atomic E-state index is 0.0111. The van der Waals surface area contributed by atoms with Gasteiger partial charge in [-0.3, -0.25) is 9.69 Å². The Morgan fingerprint density at radius 1 is 1.32 bits per heavy atom. The molecule has 22 heavy (non-hydrogen) atoms. The number of carbonyl (C=O) groups is 1. The van der Waals surface area contributed by atoms with Crippen molar-refractivity contribution in [3.05, 3.63) is 30.2 Å². The van der Waals surface area contributed by atoms with Crippen molar-refractivity contribution in [1.82, 2.24) is 15.2 Å². The Balaban J connectivity index is 1.58. The number of hydrogen-bond donors (Lipinski definition) is 1. The van der Waals surface area contributed by atoms with Gasteiger partial charge in [-0.2, -0.15) is 0 Å². The summed E-state index contributed by atoms with van der Waals surface area (Å²) in [5, 5.41) is 3.18. The number of hydrogen-bond acceptors (Lipinski definition) is 4. The third-order valence-electron chi connectivity index (χ3n) is 5.36. The number of carbonyl (C=O) groups excluding carboxylic acids is 1. The lowest BCUT2D eigenvalue weighted by Gasteiger charge is -2.56. The predicted octanol–water partition coefficient (Wildman–Crippen LogP) is 2.43. The van der Waals surface area contributed by atoms with E-state index in [2.05, 4.69) is 29.0 Å². The zero-order valence-corrected chi connectivity index (χ0v) is 13.0. The summed E-state index contributed by atoms with van der Waals surface area (Å²) in [6.07, 6.45) is 2.31. The maximum absolute atomic E-state index is 12.6. The molecule has 1 amide bonds. The second kappa shape index (κ2) is 4.81. The summed E-state index contributed by atoms with van der Waals surface area (Å²) in [5.74, 6) is 0.504. The van der Waals surface area contributed by atoms with E-state index in [4.69, 9.17) is 4.42 Å². The molecule has 1 aromatic carbocycles. The molecule has 2 bridgehead atoms. The fourth-order valence-electron chi connectivity index (χ4n) is 4.05. The van der Waals surface area contributed by atoms with Crippen LogP contribution in [0.3, 0.4) is 0 Å². The minimum Gasteiger partial charge on any atom is -0.432 e. The smallest absolute Gasteiger partial charge is 0.307 e. The maximum Gasteiger partial charge on any atom is 0.307 e. The third kappa shape index (κ3) is 2.03. The summed E-state index contributed by atoms with van der Waals surface area (Å²) in [5.41, 5.74) is 1.37. The highest BCUT2D eigenvalue weighted by Crippen LogP contribution is 2.39. The van der Waals surface area contributed by atoms with Gasteiger partial charge in [-0.1, -0.05) is 12.1 Å². The number of para-hydroxylation sites is 2. The Labute approximate surface area is 129 Å². The van der Waals surface area contributed by atoms with Crippen molar-refractivity contribution in [2.24, 2.45) is 5.92 Å². The summed E-state index contributed by atoms with van der Waals surface area (Å²) in [6, 6.07) is 7.61. The molecule has 0 radical (unpaired) electrons. The molecule has 0 spiro atoms. The van der Waals surface area contributed by atoms with Gasteiger partial charge in [0.15, 0.2) is 5.58 Å². The first-order chi connectivity index (χ1) is 10.6. The molecule has 1 aromatic heterocycles. The van der Waals surface area contributed by atoms with Crippen molar-refractivity contribution in [2.45, 2.75) is 38.3 Å². The van der Waals surface area contributed by atoms with Crippen molar-refractivity contribution in [1.29, 1.82) is 0 Å². The van der Waals surface area contributed by atoms with Gasteiger partial charge in [0.25, 0.3) is 5.89 Å². The quantitative estimate of drug-likeness (QED) is 0.925. The van der Waals surface area contributed by atoms with Crippen LogP contribution < -0.4 is 5.32 Å². The van der Waals surface area contributed by atoms with Crippen LogP contribution >= 0.6 is 0 Å². The number of aromatic nitrogens is 1. The molecule has 3 saturated heterocycles. The van der Waals surface area contributed by atoms with Crippen LogP contribution in [0.2, 0.25) is 0 Å². The van der Waals surface area contributed by atoms with E-state index in [1.807, 2.05) is 24.3 Å². The molecule has 5 nitrogen and oxygen atoms in total. The molecule has 3 aliphatic heterocycles. The first kappa shape index (κ1) is 13.8. The molecule has 1 N–H and O–H groups in total. The number of nitrogens with zero attached hydrogens (tertiary/aromatic N) is 2. The van der Waals surface area contributed by atoms with E-state index >= 15 is 0 Å². The molecule has 1 unspecified atom stereocenters. The van der Waals surface area contributed by atoms with Crippen molar-refractivity contribution in [2.75, 3.05) is 13.1 Å². The fourth-order valence-corrected chi connectivity index (χ4v) is 4.05. The fraction of sp³-hybridized carbons (Fsp3) is 0.529. The first-order valence-corrected chi connectivity index (χ1v) is 7.97. The summed E-state index contributed by atoms with van der Waals surface area (Å²) in [6.45, 7) is 6.70. The van der Waals surface area contributed by atoms with E-state index in [1.165, 1.54) is 0 Å². The molecule has 2 aromatic rings. The number of amides is 1. The Hall–Kier alpha value is -1.88. The van der Waals surface area contributed by atoms with Crippen LogP contribution in [0, 0.1) is 5.92 Å². The van der Waals surface area contributed by atoms with Crippen LogP contribution in [0.25, 0.3) is 11.1 Å². The molecule has 0 saturated carbocycles. The summed E-state index contributed by atoms with van der Waals surface area (Å²) in [7, 11) is 0. The zero-order chi connectivity index (χ0) is 15.3. The van der Waals surface area contributed by atoms with Crippen molar-refractivity contribution < 1.29 is 9.21 Å². The summed E-state index contributed by atoms with van der Waals surface area (Å²) >= 11 is 0. The van der Waals surface area contributed by atoms with Crippen LogP contribution in [-0.2, 0) is 0 Å². The monoisotopic (exact) mass is 299 g/mol. The van der Waals surface area contributed by atoms with Gasteiger partial charge in [-0.05, 0) is 57.8 Å². The van der Waals surface area contributed by atoms with E-state index in [1.54, 1.807) is 0 Å². The van der Waals surface area contributed by atoms with Crippen molar-refractivity contribution in [3.8, 4) is 0 Å². The van der Waals surface area contributed by atoms with Gasteiger partial charge in [-0.25, -0.2) is 4.98 Å². The Morgan fingerprint density at radius 3 is 2.73 bits per heavy atom. The third-order valence-corrected chi connectivity index (χ3v) is 5.36. The lowest BCUT2D eigenvalue weighted by molar-refractivity contribution is -0.0381. The average Bonchev–Trinajstić information content (AvgIpc) is 2.95. The van der Waals surface area contributed by atoms with Crippen LogP contribution in [0.4, 0.5) is 0 Å². The van der Waals surface area contributed by atoms with Gasteiger partial charge in [0, 0.05) is 5.54 Å². The highest BCUT2D eigenvalue weighted by Gasteiger charge is 2.48. The highest BCUT2D eigenvalue weighted by atomic mass is 16.4. The minimum atomic E-state index is -0.206. The van der Waals surface area contributed by atoms with Gasteiger partial charge < -0.3 is 9.73 Å². The summed E-state index contributed by atoms with van der Waals surface area (Å²) < 4.78 is 5.58. The largest absolute Gasteiger partial charge is 0.432 e. The van der Waals surface area contributed by atoms with Gasteiger partial charge in [0.1, 0.15) is 5.52 Å². The maximum atomic E-state index is 12.6. The van der Waals surface area contributed by atoms with Gasteiger partial charge in [0.05, 0.1) is 6.04 Å². The number of nitrogens with one attached hydrogen (secondary N) is 1. The second-order valence-corrected chi connectivity index (χ2v) is 6.92. The lowest BCUT2D eigenvalue weighted by atomic mass is 9.72. The highest BCUT2D eigenvalue weighted by molar-refractivity contribution is 5.92. The number of rotatable bonds is 2. The van der Waals surface area contributed by atoms with E-state index in [0.29, 0.717) is 11.5 Å². The van der Waals surface area contributed by atoms with Gasteiger partial charge >= 0.3 is 5.91 Å². The number of fused-ring (bicyclic) bond motifs is 4. The molecule has 4 heterocycles. The van der Waals surface area contributed by atoms with Gasteiger partial charge in [0.2, 0.25) is 0 Å². The standard InChI is InChI=1S/C17H21N3O2/c1-17(2)14(11-7-9-20(17)10-8-11)19-15(21)16-18-12-5-3-4-6-13(12)22-16/h3-6,11,14H,7-10H2,1-2H3,(H,19,21). The van der Waals surface area contributed by atoms with Crippen LogP contribution in [-0.4, -0.2) is 40.5 Å². The van der Waals surface area contributed by atoms with Gasteiger partial charge in [-0.15, -0.1) is 0 Å². The molecular weight excluding hydrogens is 278 g/mol. The molecule has 5 heteroatoms. The first-order valence-electron chi connectivity index (χ1n) is 7.97. The molecule has 3 aliphatic rings. The molecular formula is C17H21N3O2. The van der Waals surface area contributed by atoms with Crippen molar-refractivity contribution >= 4 is 17.0 Å². The van der Waals surface area contributed by atoms with E-state index in [9.17, 15) is 4.79 Å². The van der Waals surface area contributed by atoms with E-state index < -0.39 is 0 Å². The van der Waals surface area contributed by atoms with E-state index in [-0.39, 0.29) is 23.4 Å². The SMILES string of the molecule is CC1(C)C(NC(=O)c2nc3ccccc3o2)C2CCN1CC2.